The SMILES string of the molecule is C=CCO[C@@]12Oc3ccc(OCCN4CC4)cc3[C@H]3[C@H](CCCCO)[C@@H](CCCCO)C=C(C(=NOC4CCCCO4)C[C@@H]1N(Cc1ccc4c(c1)OCO4)C(=O)C=Cc1ccc([N+](=O)[O-])cc1)[C@H]32. The molecular formula is C53H64N4O12. The lowest BCUT2D eigenvalue weighted by Crippen LogP contribution is -2.70. The van der Waals surface area contributed by atoms with E-state index in [1.165, 1.54) is 18.2 Å². The summed E-state index contributed by atoms with van der Waals surface area (Å²) in [5, 5.41) is 36.6. The number of aliphatic hydroxyl groups is 2. The summed E-state index contributed by atoms with van der Waals surface area (Å²) in [6.45, 7) is 8.61. The summed E-state index contributed by atoms with van der Waals surface area (Å²) in [4.78, 5) is 36.8. The molecule has 69 heavy (non-hydrogen) atoms. The summed E-state index contributed by atoms with van der Waals surface area (Å²) in [5.74, 6) is -0.0656. The monoisotopic (exact) mass is 948 g/mol. The number of hydrogen-bond donors (Lipinski definition) is 2. The number of nitro benzene ring substituents is 1. The van der Waals surface area contributed by atoms with Crippen LogP contribution in [0.3, 0.4) is 0 Å². The van der Waals surface area contributed by atoms with Gasteiger partial charge >= 0.3 is 0 Å². The zero-order valence-electron chi connectivity index (χ0n) is 39.2. The van der Waals surface area contributed by atoms with Gasteiger partial charge in [-0.1, -0.05) is 36.2 Å². The molecule has 2 N–H and O–H groups in total. The van der Waals surface area contributed by atoms with Gasteiger partial charge in [-0.15, -0.1) is 6.58 Å². The highest BCUT2D eigenvalue weighted by molar-refractivity contribution is 6.03. The van der Waals surface area contributed by atoms with Gasteiger partial charge in [0.1, 0.15) is 24.1 Å². The van der Waals surface area contributed by atoms with E-state index in [9.17, 15) is 20.3 Å². The van der Waals surface area contributed by atoms with Crippen LogP contribution in [0.25, 0.3) is 6.08 Å². The van der Waals surface area contributed by atoms with Crippen molar-refractivity contribution in [2.75, 3.05) is 59.5 Å². The fourth-order valence-electron chi connectivity index (χ4n) is 10.8. The van der Waals surface area contributed by atoms with Gasteiger partial charge in [0.05, 0.1) is 29.8 Å². The zero-order valence-corrected chi connectivity index (χ0v) is 39.2. The number of amides is 1. The van der Waals surface area contributed by atoms with Crippen molar-refractivity contribution < 1.29 is 53.2 Å². The van der Waals surface area contributed by atoms with Gasteiger partial charge in [0.15, 0.2) is 11.5 Å². The molecule has 0 spiro atoms. The van der Waals surface area contributed by atoms with Crippen molar-refractivity contribution in [3.8, 4) is 23.0 Å². The van der Waals surface area contributed by atoms with Gasteiger partial charge in [0, 0.05) is 81.9 Å². The van der Waals surface area contributed by atoms with E-state index in [1.807, 2.05) is 30.3 Å². The minimum atomic E-state index is -1.52. The number of carbonyl (C=O) groups excluding carboxylic acids is 1. The molecule has 0 aromatic heterocycles. The molecule has 2 aliphatic carbocycles. The van der Waals surface area contributed by atoms with Crippen molar-refractivity contribution in [2.45, 2.75) is 94.8 Å². The normalized spacial score (nSPS) is 26.1. The summed E-state index contributed by atoms with van der Waals surface area (Å²) in [6, 6.07) is 16.8. The van der Waals surface area contributed by atoms with Crippen LogP contribution in [0.5, 0.6) is 23.0 Å². The first-order valence-electron chi connectivity index (χ1n) is 24.6. The van der Waals surface area contributed by atoms with Crippen LogP contribution in [0, 0.1) is 27.9 Å². The topological polar surface area (TPSA) is 184 Å². The number of allylic oxidation sites excluding steroid dienone is 1. The second-order valence-corrected chi connectivity index (χ2v) is 18.7. The van der Waals surface area contributed by atoms with Crippen LogP contribution in [-0.2, 0) is 25.7 Å². The van der Waals surface area contributed by atoms with Gasteiger partial charge in [0.2, 0.25) is 24.8 Å². The Balaban J connectivity index is 1.22. The molecule has 368 valence electrons. The standard InChI is InChI=1S/C53H64N4O12/c1-2-27-67-53-48(56(34-37-14-19-46-47(30-37)66-35-65-46)49(60)21-15-36-12-16-39(17-13-36)57(61)62)33-44(54-69-50-11-5-8-28-64-50)42-31-38(9-3-6-25-58)41(10-4-7-26-59)51(52(42)53)43-32-40(18-20-45(43)68-53)63-29-24-55-22-23-55/h2,12-21,30-32,38,41,48,50-52,58-59H,1,3-11,22-29,33-35H2/t38-,41+,48-,50?,51+,52+,53+/m0/s1. The summed E-state index contributed by atoms with van der Waals surface area (Å²) in [5.41, 5.74) is 3.86. The zero-order chi connectivity index (χ0) is 47.7. The molecule has 1 unspecified atom stereocenters. The Labute approximate surface area is 403 Å². The van der Waals surface area contributed by atoms with E-state index in [4.69, 9.17) is 38.4 Å². The number of benzene rings is 3. The molecule has 6 aliphatic rings. The van der Waals surface area contributed by atoms with E-state index in [2.05, 4.69) is 23.6 Å². The number of ether oxygens (including phenoxy) is 6. The second kappa shape index (κ2) is 22.3. The molecule has 7 atom stereocenters. The Kier molecular flexibility index (Phi) is 15.6. The lowest BCUT2D eigenvalue weighted by molar-refractivity contribution is -0.384. The molecule has 4 heterocycles. The quantitative estimate of drug-likeness (QED) is 0.0234. The largest absolute Gasteiger partial charge is 0.492 e. The van der Waals surface area contributed by atoms with Gasteiger partial charge in [-0.2, -0.15) is 0 Å². The smallest absolute Gasteiger partial charge is 0.269 e. The average Bonchev–Trinajstić information content (AvgIpc) is 4.08. The Morgan fingerprint density at radius 2 is 1.78 bits per heavy atom. The molecular weight excluding hydrogens is 885 g/mol. The first-order chi connectivity index (χ1) is 33.8. The van der Waals surface area contributed by atoms with E-state index >= 15 is 4.79 Å². The highest BCUT2D eigenvalue weighted by Crippen LogP contribution is 2.62. The molecule has 3 aromatic rings. The van der Waals surface area contributed by atoms with Gasteiger partial charge in [-0.05, 0) is 116 Å². The Morgan fingerprint density at radius 1 is 0.986 bits per heavy atom. The van der Waals surface area contributed by atoms with Crippen LogP contribution in [0.15, 0.2) is 96.2 Å². The number of unbranched alkanes of at least 4 members (excludes halogenated alkanes) is 2. The number of oxime groups is 1. The second-order valence-electron chi connectivity index (χ2n) is 18.7. The molecule has 4 aliphatic heterocycles. The van der Waals surface area contributed by atoms with E-state index in [-0.39, 0.29) is 68.9 Å². The van der Waals surface area contributed by atoms with Crippen LogP contribution in [0.1, 0.15) is 86.8 Å². The third-order valence-electron chi connectivity index (χ3n) is 14.3. The summed E-state index contributed by atoms with van der Waals surface area (Å²) in [7, 11) is 0. The summed E-state index contributed by atoms with van der Waals surface area (Å²) < 4.78 is 38.7. The average molecular weight is 949 g/mol. The van der Waals surface area contributed by atoms with Crippen LogP contribution in [0.2, 0.25) is 0 Å². The van der Waals surface area contributed by atoms with Crippen molar-refractivity contribution in [3.63, 3.8) is 0 Å². The molecule has 2 saturated heterocycles. The highest BCUT2D eigenvalue weighted by Gasteiger charge is 2.65. The van der Waals surface area contributed by atoms with Crippen LogP contribution < -0.4 is 18.9 Å². The van der Waals surface area contributed by atoms with Gasteiger partial charge in [-0.25, -0.2) is 0 Å². The first-order valence-corrected chi connectivity index (χ1v) is 24.6. The van der Waals surface area contributed by atoms with E-state index in [0.29, 0.717) is 61.0 Å². The van der Waals surface area contributed by atoms with Crippen molar-refractivity contribution in [2.24, 2.45) is 22.9 Å². The maximum absolute atomic E-state index is 15.3. The minimum absolute atomic E-state index is 0.0221. The van der Waals surface area contributed by atoms with Crippen molar-refractivity contribution in [1.82, 2.24) is 9.80 Å². The number of carbonyl (C=O) groups is 1. The number of nitro groups is 1. The number of fused-ring (bicyclic) bond motifs is 3. The van der Waals surface area contributed by atoms with E-state index < -0.39 is 29.0 Å². The van der Waals surface area contributed by atoms with Gasteiger partial charge in [-0.3, -0.25) is 19.8 Å². The van der Waals surface area contributed by atoms with Crippen LogP contribution in [0.4, 0.5) is 5.69 Å². The van der Waals surface area contributed by atoms with Crippen molar-refractivity contribution >= 4 is 23.4 Å². The molecule has 16 nitrogen and oxygen atoms in total. The van der Waals surface area contributed by atoms with Gasteiger partial charge in [0.25, 0.3) is 5.69 Å². The number of nitrogens with zero attached hydrogens (tertiary/aromatic N) is 4. The minimum Gasteiger partial charge on any atom is -0.492 e. The first kappa shape index (κ1) is 48.3. The van der Waals surface area contributed by atoms with Crippen molar-refractivity contribution in [3.05, 3.63) is 118 Å². The third kappa shape index (κ3) is 11.0. The summed E-state index contributed by atoms with van der Waals surface area (Å²) in [6.07, 6.45) is 13.8. The number of rotatable bonds is 23. The highest BCUT2D eigenvalue weighted by atomic mass is 16.8. The molecule has 3 fully saturated rings. The number of aliphatic hydroxyl groups excluding tert-OH is 2. The Hall–Kier alpha value is -5.78. The molecule has 1 amide bonds. The van der Waals surface area contributed by atoms with Crippen LogP contribution >= 0.6 is 0 Å². The van der Waals surface area contributed by atoms with E-state index in [0.717, 1.165) is 80.6 Å². The maximum Gasteiger partial charge on any atom is 0.269 e. The Morgan fingerprint density at radius 3 is 2.54 bits per heavy atom. The van der Waals surface area contributed by atoms with Crippen molar-refractivity contribution in [1.29, 1.82) is 0 Å². The lowest BCUT2D eigenvalue weighted by atomic mass is 9.55. The predicted molar refractivity (Wildman–Crippen MR) is 257 cm³/mol. The molecule has 9 rings (SSSR count). The molecule has 0 radical (unpaired) electrons. The Bertz CT molecular complexity index is 2380. The molecule has 16 heteroatoms. The molecule has 3 aromatic carbocycles. The summed E-state index contributed by atoms with van der Waals surface area (Å²) >= 11 is 0. The molecule has 1 saturated carbocycles. The third-order valence-corrected chi connectivity index (χ3v) is 14.3. The number of non-ortho nitro benzene ring substituents is 1. The van der Waals surface area contributed by atoms with E-state index in [1.54, 1.807) is 29.2 Å². The maximum atomic E-state index is 15.3. The number of hydrogen-bond acceptors (Lipinski definition) is 14. The van der Waals surface area contributed by atoms with Gasteiger partial charge < -0.3 is 48.4 Å². The fraction of sp³-hybridized carbons (Fsp3) is 0.509. The molecule has 0 bridgehead atoms. The lowest BCUT2D eigenvalue weighted by Gasteiger charge is -2.60. The fourth-order valence-corrected chi connectivity index (χ4v) is 10.8. The van der Waals surface area contributed by atoms with Crippen LogP contribution in [-0.4, -0.2) is 114 Å². The predicted octanol–water partition coefficient (Wildman–Crippen LogP) is 7.92.